The average molecular weight is 228 g/mol. The fourth-order valence-electron chi connectivity index (χ4n) is 1.95. The van der Waals surface area contributed by atoms with Crippen LogP contribution in [-0.2, 0) is 13.1 Å². The standard InChI is InChI=1S/C12H12N4O/c17-12(11-3-4-14-16-11)15-10-2-1-8-6-13-7-9(8)5-10/h1-5,13H,6-7H2,(H,14,16)(H,15,17). The van der Waals surface area contributed by atoms with Crippen molar-refractivity contribution in [3.8, 4) is 0 Å². The number of hydrogen-bond acceptors (Lipinski definition) is 3. The molecule has 5 heteroatoms. The van der Waals surface area contributed by atoms with E-state index < -0.39 is 0 Å². The Kier molecular flexibility index (Phi) is 2.38. The zero-order chi connectivity index (χ0) is 11.7. The van der Waals surface area contributed by atoms with Crippen LogP contribution >= 0.6 is 0 Å². The Balaban J connectivity index is 1.80. The second-order valence-corrected chi connectivity index (χ2v) is 4.01. The van der Waals surface area contributed by atoms with Crippen LogP contribution in [0, 0.1) is 0 Å². The monoisotopic (exact) mass is 228 g/mol. The predicted molar refractivity (Wildman–Crippen MR) is 63.5 cm³/mol. The van der Waals surface area contributed by atoms with E-state index in [1.807, 2.05) is 18.2 Å². The molecule has 0 aliphatic carbocycles. The summed E-state index contributed by atoms with van der Waals surface area (Å²) in [5.41, 5.74) is 3.81. The summed E-state index contributed by atoms with van der Waals surface area (Å²) in [5.74, 6) is -0.173. The van der Waals surface area contributed by atoms with E-state index in [0.29, 0.717) is 5.69 Å². The summed E-state index contributed by atoms with van der Waals surface area (Å²) in [7, 11) is 0. The predicted octanol–water partition coefficient (Wildman–Crippen LogP) is 1.27. The number of hydrogen-bond donors (Lipinski definition) is 3. The minimum atomic E-state index is -0.173. The molecule has 1 aromatic carbocycles. The van der Waals surface area contributed by atoms with Gasteiger partial charge in [0.1, 0.15) is 5.69 Å². The first kappa shape index (κ1) is 10.0. The van der Waals surface area contributed by atoms with Crippen LogP contribution in [0.2, 0.25) is 0 Å². The first-order valence-corrected chi connectivity index (χ1v) is 5.46. The molecular formula is C12H12N4O. The van der Waals surface area contributed by atoms with E-state index in [1.54, 1.807) is 12.3 Å². The lowest BCUT2D eigenvalue weighted by atomic mass is 10.1. The number of nitrogens with one attached hydrogen (secondary N) is 3. The number of aromatic nitrogens is 2. The maximum atomic E-state index is 11.8. The normalized spacial score (nSPS) is 13.4. The molecule has 3 rings (SSSR count). The summed E-state index contributed by atoms with van der Waals surface area (Å²) < 4.78 is 0. The highest BCUT2D eigenvalue weighted by Crippen LogP contribution is 2.20. The minimum Gasteiger partial charge on any atom is -0.321 e. The first-order chi connectivity index (χ1) is 8.33. The highest BCUT2D eigenvalue weighted by Gasteiger charge is 2.12. The molecule has 0 saturated heterocycles. The molecule has 0 unspecified atom stereocenters. The van der Waals surface area contributed by atoms with Gasteiger partial charge in [-0.3, -0.25) is 9.89 Å². The van der Waals surface area contributed by atoms with E-state index in [9.17, 15) is 4.79 Å². The Morgan fingerprint density at radius 2 is 2.12 bits per heavy atom. The molecule has 0 saturated carbocycles. The third-order valence-corrected chi connectivity index (χ3v) is 2.84. The van der Waals surface area contributed by atoms with Crippen molar-refractivity contribution in [2.75, 3.05) is 5.32 Å². The van der Waals surface area contributed by atoms with Crippen molar-refractivity contribution >= 4 is 11.6 Å². The van der Waals surface area contributed by atoms with Crippen LogP contribution in [0.25, 0.3) is 0 Å². The number of anilines is 1. The van der Waals surface area contributed by atoms with Gasteiger partial charge in [-0.05, 0) is 29.3 Å². The van der Waals surface area contributed by atoms with Crippen LogP contribution in [0.1, 0.15) is 21.6 Å². The van der Waals surface area contributed by atoms with Gasteiger partial charge in [-0.1, -0.05) is 6.07 Å². The van der Waals surface area contributed by atoms with Crippen LogP contribution < -0.4 is 10.6 Å². The summed E-state index contributed by atoms with van der Waals surface area (Å²) in [6, 6.07) is 7.60. The molecule has 0 radical (unpaired) electrons. The zero-order valence-electron chi connectivity index (χ0n) is 9.16. The van der Waals surface area contributed by atoms with Gasteiger partial charge in [0.05, 0.1) is 0 Å². The summed E-state index contributed by atoms with van der Waals surface area (Å²) in [5, 5.41) is 12.5. The van der Waals surface area contributed by atoms with Crippen LogP contribution in [0.15, 0.2) is 30.5 Å². The number of fused-ring (bicyclic) bond motifs is 1. The van der Waals surface area contributed by atoms with Crippen molar-refractivity contribution in [2.24, 2.45) is 0 Å². The van der Waals surface area contributed by atoms with Gasteiger partial charge in [0.2, 0.25) is 0 Å². The van der Waals surface area contributed by atoms with Crippen molar-refractivity contribution < 1.29 is 4.79 Å². The summed E-state index contributed by atoms with van der Waals surface area (Å²) >= 11 is 0. The SMILES string of the molecule is O=C(Nc1ccc2c(c1)CNC2)c1ccn[nH]1. The molecule has 1 aromatic heterocycles. The number of aromatic amines is 1. The maximum Gasteiger partial charge on any atom is 0.273 e. The lowest BCUT2D eigenvalue weighted by Crippen LogP contribution is -2.12. The average Bonchev–Trinajstić information content (AvgIpc) is 2.99. The molecule has 3 N–H and O–H groups in total. The Morgan fingerprint density at radius 1 is 1.24 bits per heavy atom. The number of benzene rings is 1. The van der Waals surface area contributed by atoms with Gasteiger partial charge < -0.3 is 10.6 Å². The Morgan fingerprint density at radius 3 is 2.94 bits per heavy atom. The van der Waals surface area contributed by atoms with E-state index in [0.717, 1.165) is 18.8 Å². The Bertz CT molecular complexity index is 548. The first-order valence-electron chi connectivity index (χ1n) is 5.46. The molecular weight excluding hydrogens is 216 g/mol. The van der Waals surface area contributed by atoms with Crippen molar-refractivity contribution in [2.45, 2.75) is 13.1 Å². The van der Waals surface area contributed by atoms with E-state index >= 15 is 0 Å². The molecule has 17 heavy (non-hydrogen) atoms. The van der Waals surface area contributed by atoms with E-state index in [4.69, 9.17) is 0 Å². The molecule has 2 heterocycles. The van der Waals surface area contributed by atoms with Gasteiger partial charge in [-0.15, -0.1) is 0 Å². The molecule has 0 bridgehead atoms. The van der Waals surface area contributed by atoms with E-state index in [1.165, 1.54) is 11.1 Å². The number of carbonyl (C=O) groups excluding carboxylic acids is 1. The van der Waals surface area contributed by atoms with Gasteiger partial charge in [0.15, 0.2) is 0 Å². The van der Waals surface area contributed by atoms with Gasteiger partial charge in [-0.2, -0.15) is 5.10 Å². The van der Waals surface area contributed by atoms with Crippen LogP contribution in [0.3, 0.4) is 0 Å². The Hall–Kier alpha value is -2.14. The topological polar surface area (TPSA) is 69.8 Å². The van der Waals surface area contributed by atoms with Gasteiger partial charge in [0, 0.05) is 25.0 Å². The molecule has 86 valence electrons. The van der Waals surface area contributed by atoms with Gasteiger partial charge in [0.25, 0.3) is 5.91 Å². The number of amides is 1. The highest BCUT2D eigenvalue weighted by atomic mass is 16.1. The van der Waals surface area contributed by atoms with Crippen LogP contribution in [-0.4, -0.2) is 16.1 Å². The molecule has 0 fully saturated rings. The van der Waals surface area contributed by atoms with E-state index in [-0.39, 0.29) is 5.91 Å². The summed E-state index contributed by atoms with van der Waals surface area (Å²) in [4.78, 5) is 11.8. The van der Waals surface area contributed by atoms with Crippen molar-refractivity contribution in [3.05, 3.63) is 47.3 Å². The number of nitrogens with zero attached hydrogens (tertiary/aromatic N) is 1. The lowest BCUT2D eigenvalue weighted by Gasteiger charge is -2.05. The highest BCUT2D eigenvalue weighted by molar-refractivity contribution is 6.02. The van der Waals surface area contributed by atoms with Crippen LogP contribution in [0.4, 0.5) is 5.69 Å². The van der Waals surface area contributed by atoms with Crippen LogP contribution in [0.5, 0.6) is 0 Å². The maximum absolute atomic E-state index is 11.8. The fraction of sp³-hybridized carbons (Fsp3) is 0.167. The van der Waals surface area contributed by atoms with E-state index in [2.05, 4.69) is 20.8 Å². The van der Waals surface area contributed by atoms with Crippen molar-refractivity contribution in [1.29, 1.82) is 0 Å². The Labute approximate surface area is 98.2 Å². The quantitative estimate of drug-likeness (QED) is 0.724. The number of rotatable bonds is 2. The van der Waals surface area contributed by atoms with Gasteiger partial charge in [-0.25, -0.2) is 0 Å². The second-order valence-electron chi connectivity index (χ2n) is 4.01. The molecule has 1 aliphatic heterocycles. The molecule has 5 nitrogen and oxygen atoms in total. The number of carbonyl (C=O) groups is 1. The minimum absolute atomic E-state index is 0.173. The summed E-state index contributed by atoms with van der Waals surface area (Å²) in [6.45, 7) is 1.77. The smallest absolute Gasteiger partial charge is 0.273 e. The molecule has 0 atom stereocenters. The third kappa shape index (κ3) is 1.92. The summed E-state index contributed by atoms with van der Waals surface area (Å²) in [6.07, 6.45) is 1.56. The molecule has 0 spiro atoms. The molecule has 2 aromatic rings. The van der Waals surface area contributed by atoms with Crippen molar-refractivity contribution in [3.63, 3.8) is 0 Å². The molecule has 1 aliphatic rings. The second kappa shape index (κ2) is 4.03. The third-order valence-electron chi connectivity index (χ3n) is 2.84. The largest absolute Gasteiger partial charge is 0.321 e. The zero-order valence-corrected chi connectivity index (χ0v) is 9.16. The van der Waals surface area contributed by atoms with Gasteiger partial charge >= 0.3 is 0 Å². The lowest BCUT2D eigenvalue weighted by molar-refractivity contribution is 0.102. The number of H-pyrrole nitrogens is 1. The fourth-order valence-corrected chi connectivity index (χ4v) is 1.95. The molecule has 1 amide bonds. The van der Waals surface area contributed by atoms with Crippen molar-refractivity contribution in [1.82, 2.24) is 15.5 Å².